The molecule has 3 heterocycles. The topological polar surface area (TPSA) is 97.4 Å². The molecular weight excluding hydrogens is 306 g/mol. The van der Waals surface area contributed by atoms with E-state index in [1.165, 1.54) is 0 Å². The van der Waals surface area contributed by atoms with Crippen LogP contribution in [0.5, 0.6) is 0 Å². The SMILES string of the molecule is O=C(Nc1ccc(NC2CCS(=O)(=O)C2)cn1)C1CCCO1. The van der Waals surface area contributed by atoms with Crippen LogP contribution in [-0.2, 0) is 19.4 Å². The van der Waals surface area contributed by atoms with E-state index < -0.39 is 9.84 Å². The number of carbonyl (C=O) groups is 1. The fraction of sp³-hybridized carbons (Fsp3) is 0.571. The van der Waals surface area contributed by atoms with E-state index in [9.17, 15) is 13.2 Å². The van der Waals surface area contributed by atoms with Gasteiger partial charge in [-0.25, -0.2) is 13.4 Å². The van der Waals surface area contributed by atoms with Gasteiger partial charge in [0.1, 0.15) is 11.9 Å². The van der Waals surface area contributed by atoms with Crippen molar-refractivity contribution in [3.8, 4) is 0 Å². The summed E-state index contributed by atoms with van der Waals surface area (Å²) in [5, 5.41) is 5.87. The Morgan fingerprint density at radius 2 is 2.18 bits per heavy atom. The van der Waals surface area contributed by atoms with Gasteiger partial charge in [0.2, 0.25) is 0 Å². The number of carbonyl (C=O) groups excluding carboxylic acids is 1. The molecule has 1 aromatic rings. The zero-order chi connectivity index (χ0) is 15.6. The van der Waals surface area contributed by atoms with Crippen LogP contribution in [0, 0.1) is 0 Å². The second-order valence-electron chi connectivity index (χ2n) is 5.67. The molecule has 2 aliphatic heterocycles. The van der Waals surface area contributed by atoms with E-state index in [-0.39, 0.29) is 29.6 Å². The lowest BCUT2D eigenvalue weighted by Crippen LogP contribution is -2.27. The number of aromatic nitrogens is 1. The highest BCUT2D eigenvalue weighted by atomic mass is 32.2. The Morgan fingerprint density at radius 3 is 2.77 bits per heavy atom. The summed E-state index contributed by atoms with van der Waals surface area (Å²) < 4.78 is 28.1. The molecule has 1 amide bonds. The fourth-order valence-corrected chi connectivity index (χ4v) is 4.36. The number of ether oxygens (including phenoxy) is 1. The molecule has 0 saturated carbocycles. The largest absolute Gasteiger partial charge is 0.380 e. The Morgan fingerprint density at radius 1 is 1.32 bits per heavy atom. The zero-order valence-corrected chi connectivity index (χ0v) is 12.9. The molecule has 22 heavy (non-hydrogen) atoms. The van der Waals surface area contributed by atoms with Gasteiger partial charge in [-0.15, -0.1) is 0 Å². The minimum Gasteiger partial charge on any atom is -0.380 e. The van der Waals surface area contributed by atoms with Crippen molar-refractivity contribution in [2.75, 3.05) is 28.7 Å². The van der Waals surface area contributed by atoms with E-state index in [4.69, 9.17) is 4.74 Å². The summed E-state index contributed by atoms with van der Waals surface area (Å²) in [5.41, 5.74) is 0.747. The molecule has 1 aromatic heterocycles. The van der Waals surface area contributed by atoms with Crippen LogP contribution in [-0.4, -0.2) is 49.6 Å². The van der Waals surface area contributed by atoms with Gasteiger partial charge >= 0.3 is 0 Å². The molecule has 0 spiro atoms. The molecule has 0 aliphatic carbocycles. The van der Waals surface area contributed by atoms with Crippen molar-refractivity contribution in [2.45, 2.75) is 31.4 Å². The monoisotopic (exact) mass is 325 g/mol. The fourth-order valence-electron chi connectivity index (χ4n) is 2.69. The highest BCUT2D eigenvalue weighted by Gasteiger charge is 2.27. The number of nitrogens with one attached hydrogen (secondary N) is 2. The van der Waals surface area contributed by atoms with Crippen LogP contribution in [0.1, 0.15) is 19.3 Å². The molecular formula is C14H19N3O4S. The number of sulfone groups is 1. The molecule has 7 nitrogen and oxygen atoms in total. The summed E-state index contributed by atoms with van der Waals surface area (Å²) in [4.78, 5) is 16.1. The lowest BCUT2D eigenvalue weighted by molar-refractivity contribution is -0.124. The first kappa shape index (κ1) is 15.2. The molecule has 120 valence electrons. The van der Waals surface area contributed by atoms with Crippen LogP contribution in [0.3, 0.4) is 0 Å². The van der Waals surface area contributed by atoms with Crippen LogP contribution in [0.15, 0.2) is 18.3 Å². The van der Waals surface area contributed by atoms with Crippen LogP contribution >= 0.6 is 0 Å². The Kier molecular flexibility index (Phi) is 4.30. The second kappa shape index (κ2) is 6.21. The molecule has 3 rings (SSSR count). The zero-order valence-electron chi connectivity index (χ0n) is 12.1. The number of rotatable bonds is 4. The molecule has 2 aliphatic rings. The predicted octanol–water partition coefficient (Wildman–Crippen LogP) is 0.798. The Balaban J connectivity index is 1.55. The Labute approximate surface area is 129 Å². The lowest BCUT2D eigenvalue weighted by Gasteiger charge is -2.13. The lowest BCUT2D eigenvalue weighted by atomic mass is 10.2. The molecule has 2 atom stereocenters. The smallest absolute Gasteiger partial charge is 0.254 e. The summed E-state index contributed by atoms with van der Waals surface area (Å²) in [7, 11) is -2.90. The highest BCUT2D eigenvalue weighted by Crippen LogP contribution is 2.19. The number of anilines is 2. The van der Waals surface area contributed by atoms with Gasteiger partial charge in [-0.1, -0.05) is 0 Å². The maximum absolute atomic E-state index is 11.9. The standard InChI is InChI=1S/C14H19N3O4S/c18-14(12-2-1-6-21-12)17-13-4-3-10(8-15-13)16-11-5-7-22(19,20)9-11/h3-4,8,11-12,16H,1-2,5-7,9H2,(H,15,17,18). The molecule has 2 saturated heterocycles. The summed E-state index contributed by atoms with van der Waals surface area (Å²) >= 11 is 0. The maximum Gasteiger partial charge on any atom is 0.254 e. The van der Waals surface area contributed by atoms with Crippen molar-refractivity contribution in [2.24, 2.45) is 0 Å². The Bertz CT molecular complexity index is 639. The van der Waals surface area contributed by atoms with Gasteiger partial charge in [0.25, 0.3) is 5.91 Å². The highest BCUT2D eigenvalue weighted by molar-refractivity contribution is 7.91. The second-order valence-corrected chi connectivity index (χ2v) is 7.90. The van der Waals surface area contributed by atoms with Gasteiger partial charge in [-0.05, 0) is 31.4 Å². The summed E-state index contributed by atoms with van der Waals surface area (Å²) in [6, 6.07) is 3.40. The molecule has 0 aromatic carbocycles. The molecule has 8 heteroatoms. The van der Waals surface area contributed by atoms with E-state index in [1.807, 2.05) is 0 Å². The van der Waals surface area contributed by atoms with Gasteiger partial charge in [0, 0.05) is 12.6 Å². The van der Waals surface area contributed by atoms with E-state index in [0.29, 0.717) is 18.8 Å². The van der Waals surface area contributed by atoms with Gasteiger partial charge < -0.3 is 15.4 Å². The molecule has 2 unspecified atom stereocenters. The van der Waals surface area contributed by atoms with Crippen LogP contribution in [0.2, 0.25) is 0 Å². The third-order valence-corrected chi connectivity index (χ3v) is 5.61. The van der Waals surface area contributed by atoms with Crippen LogP contribution in [0.25, 0.3) is 0 Å². The summed E-state index contributed by atoms with van der Waals surface area (Å²) in [6.07, 6.45) is 3.46. The normalized spacial score (nSPS) is 26.7. The maximum atomic E-state index is 11.9. The van der Waals surface area contributed by atoms with Crippen molar-refractivity contribution in [3.63, 3.8) is 0 Å². The number of nitrogens with zero attached hydrogens (tertiary/aromatic N) is 1. The molecule has 0 radical (unpaired) electrons. The van der Waals surface area contributed by atoms with Gasteiger partial charge in [-0.2, -0.15) is 0 Å². The van der Waals surface area contributed by atoms with Crippen LogP contribution < -0.4 is 10.6 Å². The van der Waals surface area contributed by atoms with Crippen LogP contribution in [0.4, 0.5) is 11.5 Å². The van der Waals surface area contributed by atoms with Gasteiger partial charge in [0.05, 0.1) is 23.4 Å². The summed E-state index contributed by atoms with van der Waals surface area (Å²) in [5.74, 6) is 0.677. The molecule has 2 fully saturated rings. The van der Waals surface area contributed by atoms with E-state index in [1.54, 1.807) is 18.3 Å². The van der Waals surface area contributed by atoms with E-state index in [2.05, 4.69) is 15.6 Å². The van der Waals surface area contributed by atoms with Gasteiger partial charge in [-0.3, -0.25) is 4.79 Å². The first-order valence-corrected chi connectivity index (χ1v) is 9.19. The number of hydrogen-bond acceptors (Lipinski definition) is 6. The average Bonchev–Trinajstić information content (AvgIpc) is 3.11. The third kappa shape index (κ3) is 3.75. The van der Waals surface area contributed by atoms with E-state index >= 15 is 0 Å². The minimum atomic E-state index is -2.90. The van der Waals surface area contributed by atoms with Gasteiger partial charge in [0.15, 0.2) is 9.84 Å². The van der Waals surface area contributed by atoms with Crippen molar-refractivity contribution in [1.82, 2.24) is 4.98 Å². The predicted molar refractivity (Wildman–Crippen MR) is 82.5 cm³/mol. The molecule has 0 bridgehead atoms. The van der Waals surface area contributed by atoms with Crippen molar-refractivity contribution in [1.29, 1.82) is 0 Å². The minimum absolute atomic E-state index is 0.0703. The number of amides is 1. The Hall–Kier alpha value is -1.67. The van der Waals surface area contributed by atoms with Crippen molar-refractivity contribution < 1.29 is 17.9 Å². The third-order valence-electron chi connectivity index (χ3n) is 3.84. The van der Waals surface area contributed by atoms with Crippen molar-refractivity contribution in [3.05, 3.63) is 18.3 Å². The van der Waals surface area contributed by atoms with E-state index in [0.717, 1.165) is 18.5 Å². The number of pyridine rings is 1. The molecule has 2 N–H and O–H groups in total. The van der Waals surface area contributed by atoms with Crippen molar-refractivity contribution >= 4 is 27.2 Å². The number of hydrogen-bond donors (Lipinski definition) is 2. The summed E-state index contributed by atoms with van der Waals surface area (Å²) in [6.45, 7) is 0.624. The average molecular weight is 325 g/mol. The first-order valence-electron chi connectivity index (χ1n) is 7.37. The first-order chi connectivity index (χ1) is 10.5. The quantitative estimate of drug-likeness (QED) is 0.850.